The van der Waals surface area contributed by atoms with Gasteiger partial charge >= 0.3 is 0 Å². The Kier molecular flexibility index (Phi) is 4.44. The van der Waals surface area contributed by atoms with Gasteiger partial charge in [0.15, 0.2) is 0 Å². The summed E-state index contributed by atoms with van der Waals surface area (Å²) < 4.78 is 1.94. The highest BCUT2D eigenvalue weighted by Gasteiger charge is 2.16. The molecule has 0 aliphatic heterocycles. The minimum Gasteiger partial charge on any atom is -0.397 e. The molecule has 1 atom stereocenters. The number of aliphatic hydroxyl groups is 1. The Morgan fingerprint density at radius 1 is 1.58 bits per heavy atom. The molecule has 102 valence electrons. The molecular formula is C13H15BrN2O2S. The number of fused-ring (bicyclic) bond motifs is 1. The molecule has 6 heteroatoms. The van der Waals surface area contributed by atoms with E-state index < -0.39 is 6.10 Å². The molecule has 0 spiro atoms. The van der Waals surface area contributed by atoms with E-state index in [1.807, 2.05) is 18.2 Å². The fourth-order valence-corrected chi connectivity index (χ4v) is 3.33. The van der Waals surface area contributed by atoms with Crippen LogP contribution in [0.25, 0.3) is 10.1 Å². The van der Waals surface area contributed by atoms with E-state index in [-0.39, 0.29) is 5.91 Å². The molecule has 4 N–H and O–H groups in total. The first kappa shape index (κ1) is 14.3. The summed E-state index contributed by atoms with van der Waals surface area (Å²) in [6.07, 6.45) is 0.109. The average Bonchev–Trinajstić information content (AvgIpc) is 2.65. The smallest absolute Gasteiger partial charge is 0.263 e. The third-order valence-corrected chi connectivity index (χ3v) is 4.40. The maximum atomic E-state index is 12.0. The third-order valence-electron chi connectivity index (χ3n) is 2.74. The standard InChI is InChI=1S/C13H15BrN2O2S/c1-7(17)4-5-16-13(18)12-11(15)9-3-2-8(14)6-10(9)19-12/h2-3,6-7,17H,4-5,15H2,1H3,(H,16,18). The molecule has 0 fully saturated rings. The molecule has 1 heterocycles. The van der Waals surface area contributed by atoms with Gasteiger partial charge in [-0.2, -0.15) is 0 Å². The van der Waals surface area contributed by atoms with Crippen molar-refractivity contribution in [3.05, 3.63) is 27.5 Å². The first-order valence-electron chi connectivity index (χ1n) is 5.93. The van der Waals surface area contributed by atoms with Crippen LogP contribution in [0.3, 0.4) is 0 Å². The van der Waals surface area contributed by atoms with E-state index in [0.29, 0.717) is 23.5 Å². The molecule has 0 aliphatic rings. The Hall–Kier alpha value is -1.11. The van der Waals surface area contributed by atoms with Crippen molar-refractivity contribution >= 4 is 48.9 Å². The van der Waals surface area contributed by atoms with Crippen LogP contribution in [0.15, 0.2) is 22.7 Å². The summed E-state index contributed by atoms with van der Waals surface area (Å²) in [7, 11) is 0. The van der Waals surface area contributed by atoms with Gasteiger partial charge < -0.3 is 16.2 Å². The van der Waals surface area contributed by atoms with Gasteiger partial charge in [0, 0.05) is 21.1 Å². The van der Waals surface area contributed by atoms with Crippen molar-refractivity contribution < 1.29 is 9.90 Å². The number of aliphatic hydroxyl groups excluding tert-OH is 1. The summed E-state index contributed by atoms with van der Waals surface area (Å²) >= 11 is 4.77. The summed E-state index contributed by atoms with van der Waals surface area (Å²) in [6, 6.07) is 5.75. The lowest BCUT2D eigenvalue weighted by Gasteiger charge is -2.05. The number of nitrogen functional groups attached to an aromatic ring is 1. The van der Waals surface area contributed by atoms with E-state index >= 15 is 0 Å². The van der Waals surface area contributed by atoms with Crippen LogP contribution < -0.4 is 11.1 Å². The van der Waals surface area contributed by atoms with E-state index in [4.69, 9.17) is 10.8 Å². The summed E-state index contributed by atoms with van der Waals surface area (Å²) in [5.74, 6) is -0.185. The van der Waals surface area contributed by atoms with Crippen LogP contribution in [0.1, 0.15) is 23.0 Å². The fraction of sp³-hybridized carbons (Fsp3) is 0.308. The Bertz CT molecular complexity index is 610. The number of nitrogens with two attached hydrogens (primary N) is 1. The number of anilines is 1. The van der Waals surface area contributed by atoms with Crippen LogP contribution in [0.4, 0.5) is 5.69 Å². The van der Waals surface area contributed by atoms with Gasteiger partial charge in [0.05, 0.1) is 11.8 Å². The molecule has 1 aromatic heterocycles. The molecule has 0 saturated heterocycles. The van der Waals surface area contributed by atoms with E-state index in [1.165, 1.54) is 11.3 Å². The second-order valence-corrected chi connectivity index (χ2v) is 6.35. The second kappa shape index (κ2) is 5.90. The zero-order chi connectivity index (χ0) is 14.0. The highest BCUT2D eigenvalue weighted by atomic mass is 79.9. The summed E-state index contributed by atoms with van der Waals surface area (Å²) in [5.41, 5.74) is 6.52. The van der Waals surface area contributed by atoms with Crippen LogP contribution in [0.2, 0.25) is 0 Å². The Balaban J connectivity index is 2.20. The number of hydrogen-bond donors (Lipinski definition) is 3. The first-order chi connectivity index (χ1) is 8.99. The summed E-state index contributed by atoms with van der Waals surface area (Å²) in [6.45, 7) is 2.13. The zero-order valence-electron chi connectivity index (χ0n) is 10.4. The predicted octanol–water partition coefficient (Wildman–Crippen LogP) is 2.75. The van der Waals surface area contributed by atoms with Crippen molar-refractivity contribution in [1.29, 1.82) is 0 Å². The van der Waals surface area contributed by atoms with Crippen LogP contribution >= 0.6 is 27.3 Å². The van der Waals surface area contributed by atoms with E-state index in [2.05, 4.69) is 21.2 Å². The van der Waals surface area contributed by atoms with Gasteiger partial charge in [-0.25, -0.2) is 0 Å². The highest BCUT2D eigenvalue weighted by Crippen LogP contribution is 2.35. The Morgan fingerprint density at radius 2 is 2.32 bits per heavy atom. The molecule has 1 amide bonds. The SMILES string of the molecule is CC(O)CCNC(=O)c1sc2cc(Br)ccc2c1N. The highest BCUT2D eigenvalue weighted by molar-refractivity contribution is 9.10. The van der Waals surface area contributed by atoms with Crippen LogP contribution in [0, 0.1) is 0 Å². The topological polar surface area (TPSA) is 75.3 Å². The van der Waals surface area contributed by atoms with E-state index in [1.54, 1.807) is 6.92 Å². The summed E-state index contributed by atoms with van der Waals surface area (Å²) in [5, 5.41) is 12.8. The number of benzene rings is 1. The predicted molar refractivity (Wildman–Crippen MR) is 82.6 cm³/mol. The Labute approximate surface area is 123 Å². The van der Waals surface area contributed by atoms with Gasteiger partial charge in [-0.3, -0.25) is 4.79 Å². The van der Waals surface area contributed by atoms with Crippen molar-refractivity contribution in [3.63, 3.8) is 0 Å². The minimum absolute atomic E-state index is 0.185. The lowest BCUT2D eigenvalue weighted by Crippen LogP contribution is -2.26. The third kappa shape index (κ3) is 3.26. The maximum absolute atomic E-state index is 12.0. The van der Waals surface area contributed by atoms with Crippen molar-refractivity contribution in [2.24, 2.45) is 0 Å². The van der Waals surface area contributed by atoms with Crippen molar-refractivity contribution in [3.8, 4) is 0 Å². The molecular weight excluding hydrogens is 328 g/mol. The van der Waals surface area contributed by atoms with Crippen LogP contribution in [0.5, 0.6) is 0 Å². The lowest BCUT2D eigenvalue weighted by molar-refractivity contribution is 0.0950. The van der Waals surface area contributed by atoms with Crippen molar-refractivity contribution in [2.75, 3.05) is 12.3 Å². The number of rotatable bonds is 4. The number of nitrogens with one attached hydrogen (secondary N) is 1. The number of halogens is 1. The molecule has 2 aromatic rings. The quantitative estimate of drug-likeness (QED) is 0.799. The van der Waals surface area contributed by atoms with Gasteiger partial charge in [-0.1, -0.05) is 22.0 Å². The fourth-order valence-electron chi connectivity index (χ4n) is 1.73. The second-order valence-electron chi connectivity index (χ2n) is 4.38. The van der Waals surface area contributed by atoms with Gasteiger partial charge in [0.25, 0.3) is 5.91 Å². The number of carbonyl (C=O) groups excluding carboxylic acids is 1. The van der Waals surface area contributed by atoms with Crippen LogP contribution in [-0.4, -0.2) is 23.7 Å². The molecule has 2 rings (SSSR count). The van der Waals surface area contributed by atoms with Crippen LogP contribution in [-0.2, 0) is 0 Å². The van der Waals surface area contributed by atoms with E-state index in [0.717, 1.165) is 14.6 Å². The molecule has 1 unspecified atom stereocenters. The van der Waals surface area contributed by atoms with E-state index in [9.17, 15) is 4.79 Å². The maximum Gasteiger partial charge on any atom is 0.263 e. The minimum atomic E-state index is -0.420. The molecule has 0 bridgehead atoms. The average molecular weight is 343 g/mol. The molecule has 0 radical (unpaired) electrons. The molecule has 0 aliphatic carbocycles. The first-order valence-corrected chi connectivity index (χ1v) is 7.53. The monoisotopic (exact) mass is 342 g/mol. The largest absolute Gasteiger partial charge is 0.397 e. The normalized spacial score (nSPS) is 12.6. The van der Waals surface area contributed by atoms with Gasteiger partial charge in [-0.15, -0.1) is 11.3 Å². The van der Waals surface area contributed by atoms with Gasteiger partial charge in [0.1, 0.15) is 4.88 Å². The van der Waals surface area contributed by atoms with Crippen molar-refractivity contribution in [1.82, 2.24) is 5.32 Å². The number of thiophene rings is 1. The number of amides is 1. The molecule has 4 nitrogen and oxygen atoms in total. The molecule has 0 saturated carbocycles. The number of hydrogen-bond acceptors (Lipinski definition) is 4. The van der Waals surface area contributed by atoms with Crippen molar-refractivity contribution in [2.45, 2.75) is 19.4 Å². The molecule has 1 aromatic carbocycles. The number of carbonyl (C=O) groups is 1. The molecule has 19 heavy (non-hydrogen) atoms. The Morgan fingerprint density at radius 3 is 3.00 bits per heavy atom. The van der Waals surface area contributed by atoms with Gasteiger partial charge in [0.2, 0.25) is 0 Å². The van der Waals surface area contributed by atoms with Gasteiger partial charge in [-0.05, 0) is 25.5 Å². The zero-order valence-corrected chi connectivity index (χ0v) is 12.8. The summed E-state index contributed by atoms with van der Waals surface area (Å²) in [4.78, 5) is 12.6. The lowest BCUT2D eigenvalue weighted by atomic mass is 10.2.